The number of carbonyl (C=O) groups excluding carboxylic acids is 2. The molecule has 1 atom stereocenters. The maximum absolute atomic E-state index is 12.5. The molecule has 1 saturated heterocycles. The van der Waals surface area contributed by atoms with Gasteiger partial charge in [-0.3, -0.25) is 14.6 Å². The predicted octanol–water partition coefficient (Wildman–Crippen LogP) is 2.13. The van der Waals surface area contributed by atoms with Crippen LogP contribution in [0.2, 0.25) is 0 Å². The van der Waals surface area contributed by atoms with E-state index in [0.717, 1.165) is 0 Å². The van der Waals surface area contributed by atoms with E-state index in [2.05, 4.69) is 4.98 Å². The van der Waals surface area contributed by atoms with Crippen molar-refractivity contribution in [3.8, 4) is 0 Å². The van der Waals surface area contributed by atoms with Gasteiger partial charge in [0.05, 0.1) is 12.0 Å². The van der Waals surface area contributed by atoms with Crippen LogP contribution in [0.3, 0.4) is 0 Å². The highest BCUT2D eigenvalue weighted by atomic mass is 16.5. The fraction of sp³-hybridized carbons (Fsp3) is 0.562. The third-order valence-corrected chi connectivity index (χ3v) is 4.30. The molecule has 1 fully saturated rings. The molecule has 1 aromatic rings. The summed E-state index contributed by atoms with van der Waals surface area (Å²) in [5.74, 6) is -0.110. The summed E-state index contributed by atoms with van der Waals surface area (Å²) >= 11 is 0. The van der Waals surface area contributed by atoms with Gasteiger partial charge in [-0.25, -0.2) is 0 Å². The number of hydrogen-bond acceptors (Lipinski definition) is 4. The Labute approximate surface area is 125 Å². The Morgan fingerprint density at radius 3 is 2.62 bits per heavy atom. The highest BCUT2D eigenvalue weighted by Gasteiger charge is 2.49. The molecule has 2 heterocycles. The van der Waals surface area contributed by atoms with E-state index < -0.39 is 5.41 Å². The SMILES string of the molecule is CCOC(=O)[C@]1(C(C)C)CCN(C(=O)c2ccncc2)C1. The third kappa shape index (κ3) is 2.91. The highest BCUT2D eigenvalue weighted by Crippen LogP contribution is 2.39. The molecule has 1 aliphatic rings. The molecule has 1 aromatic heterocycles. The van der Waals surface area contributed by atoms with Crippen LogP contribution in [0.5, 0.6) is 0 Å². The fourth-order valence-electron chi connectivity index (χ4n) is 2.83. The van der Waals surface area contributed by atoms with E-state index in [-0.39, 0.29) is 17.8 Å². The summed E-state index contributed by atoms with van der Waals surface area (Å²) in [6, 6.07) is 3.39. The van der Waals surface area contributed by atoms with Crippen molar-refractivity contribution in [2.75, 3.05) is 19.7 Å². The first kappa shape index (κ1) is 15.5. The molecular weight excluding hydrogens is 268 g/mol. The van der Waals surface area contributed by atoms with Gasteiger partial charge in [-0.1, -0.05) is 13.8 Å². The average Bonchev–Trinajstić information content (AvgIpc) is 2.94. The number of carbonyl (C=O) groups is 2. The van der Waals surface area contributed by atoms with Crippen molar-refractivity contribution in [3.05, 3.63) is 30.1 Å². The minimum Gasteiger partial charge on any atom is -0.466 e. The first-order valence-electron chi connectivity index (χ1n) is 7.38. The van der Waals surface area contributed by atoms with E-state index in [1.165, 1.54) is 0 Å². The normalized spacial score (nSPS) is 21.6. The van der Waals surface area contributed by atoms with Crippen molar-refractivity contribution in [1.29, 1.82) is 0 Å². The van der Waals surface area contributed by atoms with Crippen molar-refractivity contribution in [2.24, 2.45) is 11.3 Å². The summed E-state index contributed by atoms with van der Waals surface area (Å²) in [7, 11) is 0. The summed E-state index contributed by atoms with van der Waals surface area (Å²) < 4.78 is 5.24. The lowest BCUT2D eigenvalue weighted by Crippen LogP contribution is -2.41. The Kier molecular flexibility index (Phi) is 4.60. The molecule has 114 valence electrons. The van der Waals surface area contributed by atoms with Gasteiger partial charge >= 0.3 is 5.97 Å². The second-order valence-electron chi connectivity index (χ2n) is 5.74. The Hall–Kier alpha value is -1.91. The summed E-state index contributed by atoms with van der Waals surface area (Å²) in [6.45, 7) is 7.20. The predicted molar refractivity (Wildman–Crippen MR) is 78.7 cm³/mol. The minimum absolute atomic E-state index is 0.0516. The maximum atomic E-state index is 12.5. The first-order valence-corrected chi connectivity index (χ1v) is 7.38. The standard InChI is InChI=1S/C16H22N2O3/c1-4-21-15(20)16(12(2)3)7-10-18(11-16)14(19)13-5-8-17-9-6-13/h5-6,8-9,12H,4,7,10-11H2,1-3H3/t16-/m1/s1. The Bertz CT molecular complexity index is 516. The van der Waals surface area contributed by atoms with Crippen molar-refractivity contribution in [1.82, 2.24) is 9.88 Å². The van der Waals surface area contributed by atoms with Crippen LogP contribution >= 0.6 is 0 Å². The minimum atomic E-state index is -0.585. The number of hydrogen-bond donors (Lipinski definition) is 0. The topological polar surface area (TPSA) is 59.5 Å². The molecule has 0 spiro atoms. The van der Waals surface area contributed by atoms with Gasteiger partial charge in [0, 0.05) is 31.0 Å². The highest BCUT2D eigenvalue weighted by molar-refractivity contribution is 5.95. The average molecular weight is 290 g/mol. The summed E-state index contributed by atoms with van der Waals surface area (Å²) in [5, 5.41) is 0. The molecule has 0 N–H and O–H groups in total. The van der Waals surface area contributed by atoms with E-state index in [1.807, 2.05) is 13.8 Å². The van der Waals surface area contributed by atoms with Crippen molar-refractivity contribution in [2.45, 2.75) is 27.2 Å². The number of ether oxygens (including phenoxy) is 1. The van der Waals surface area contributed by atoms with Crippen LogP contribution in [-0.2, 0) is 9.53 Å². The Balaban J connectivity index is 2.17. The zero-order chi connectivity index (χ0) is 15.5. The van der Waals surface area contributed by atoms with Crippen molar-refractivity contribution in [3.63, 3.8) is 0 Å². The number of pyridine rings is 1. The van der Waals surface area contributed by atoms with Gasteiger partial charge in [-0.15, -0.1) is 0 Å². The Morgan fingerprint density at radius 1 is 1.38 bits per heavy atom. The molecule has 0 bridgehead atoms. The molecule has 1 aliphatic heterocycles. The number of esters is 1. The van der Waals surface area contributed by atoms with Crippen LogP contribution in [0.25, 0.3) is 0 Å². The number of aromatic nitrogens is 1. The molecule has 0 saturated carbocycles. The lowest BCUT2D eigenvalue weighted by atomic mass is 9.76. The molecule has 21 heavy (non-hydrogen) atoms. The van der Waals surface area contributed by atoms with Crippen LogP contribution in [0, 0.1) is 11.3 Å². The quantitative estimate of drug-likeness (QED) is 0.797. The van der Waals surface area contributed by atoms with Crippen LogP contribution in [0.15, 0.2) is 24.5 Å². The number of amides is 1. The van der Waals surface area contributed by atoms with Crippen molar-refractivity contribution < 1.29 is 14.3 Å². The molecule has 1 amide bonds. The smallest absolute Gasteiger partial charge is 0.314 e. The summed E-state index contributed by atoms with van der Waals surface area (Å²) in [5.41, 5.74) is 0.0204. The van der Waals surface area contributed by atoms with Crippen LogP contribution in [0.4, 0.5) is 0 Å². The lowest BCUT2D eigenvalue weighted by molar-refractivity contribution is -0.157. The van der Waals surface area contributed by atoms with Crippen molar-refractivity contribution >= 4 is 11.9 Å². The van der Waals surface area contributed by atoms with Gasteiger partial charge in [0.25, 0.3) is 5.91 Å². The number of rotatable bonds is 4. The maximum Gasteiger partial charge on any atom is 0.314 e. The monoisotopic (exact) mass is 290 g/mol. The molecule has 0 unspecified atom stereocenters. The molecule has 0 aromatic carbocycles. The van der Waals surface area contributed by atoms with Gasteiger partial charge in [0.2, 0.25) is 0 Å². The van der Waals surface area contributed by atoms with Crippen LogP contribution in [0.1, 0.15) is 37.6 Å². The van der Waals surface area contributed by atoms with E-state index in [4.69, 9.17) is 4.74 Å². The van der Waals surface area contributed by atoms with Crippen LogP contribution in [-0.4, -0.2) is 41.5 Å². The van der Waals surface area contributed by atoms with Gasteiger partial charge in [-0.2, -0.15) is 0 Å². The molecule has 5 heteroatoms. The molecular formula is C16H22N2O3. The van der Waals surface area contributed by atoms with Gasteiger partial charge in [0.1, 0.15) is 0 Å². The second kappa shape index (κ2) is 6.24. The third-order valence-electron chi connectivity index (χ3n) is 4.30. The van der Waals surface area contributed by atoms with Gasteiger partial charge < -0.3 is 9.64 Å². The van der Waals surface area contributed by atoms with Gasteiger partial charge in [0.15, 0.2) is 0 Å². The van der Waals surface area contributed by atoms with Crippen LogP contribution < -0.4 is 0 Å². The Morgan fingerprint density at radius 2 is 2.05 bits per heavy atom. The fourth-order valence-corrected chi connectivity index (χ4v) is 2.83. The zero-order valence-electron chi connectivity index (χ0n) is 12.8. The summed E-state index contributed by atoms with van der Waals surface area (Å²) in [4.78, 5) is 30.5. The lowest BCUT2D eigenvalue weighted by Gasteiger charge is -2.30. The largest absolute Gasteiger partial charge is 0.466 e. The first-order chi connectivity index (χ1) is 10.0. The molecule has 5 nitrogen and oxygen atoms in total. The van der Waals surface area contributed by atoms with E-state index in [0.29, 0.717) is 31.7 Å². The molecule has 2 rings (SSSR count). The van der Waals surface area contributed by atoms with E-state index in [1.54, 1.807) is 36.4 Å². The molecule has 0 radical (unpaired) electrons. The molecule has 0 aliphatic carbocycles. The zero-order valence-corrected chi connectivity index (χ0v) is 12.8. The van der Waals surface area contributed by atoms with E-state index >= 15 is 0 Å². The number of likely N-dealkylation sites (tertiary alicyclic amines) is 1. The summed E-state index contributed by atoms with van der Waals surface area (Å²) in [6.07, 6.45) is 3.86. The second-order valence-corrected chi connectivity index (χ2v) is 5.74. The van der Waals surface area contributed by atoms with Gasteiger partial charge in [-0.05, 0) is 31.4 Å². The number of nitrogens with zero attached hydrogens (tertiary/aromatic N) is 2. The van der Waals surface area contributed by atoms with E-state index in [9.17, 15) is 9.59 Å².